The van der Waals surface area contributed by atoms with E-state index in [9.17, 15) is 9.59 Å². The topological polar surface area (TPSA) is 67.2 Å². The number of nitrogens with zero attached hydrogens (tertiary/aromatic N) is 3. The van der Waals surface area contributed by atoms with Crippen molar-refractivity contribution in [3.63, 3.8) is 0 Å². The summed E-state index contributed by atoms with van der Waals surface area (Å²) in [6.45, 7) is 4.79. The van der Waals surface area contributed by atoms with Gasteiger partial charge in [-0.1, -0.05) is 50.2 Å². The van der Waals surface area contributed by atoms with E-state index < -0.39 is 5.41 Å². The van der Waals surface area contributed by atoms with E-state index >= 15 is 0 Å². The van der Waals surface area contributed by atoms with Crippen LogP contribution in [0.15, 0.2) is 60.8 Å². The molecule has 2 aliphatic heterocycles. The Morgan fingerprint density at radius 2 is 1.76 bits per heavy atom. The predicted octanol–water partition coefficient (Wildman–Crippen LogP) is 3.50. The second-order valence-electron chi connectivity index (χ2n) is 8.11. The van der Waals surface area contributed by atoms with Gasteiger partial charge in [0.15, 0.2) is 0 Å². The first-order valence-corrected chi connectivity index (χ1v) is 9.87. The summed E-state index contributed by atoms with van der Waals surface area (Å²) in [4.78, 5) is 28.5. The van der Waals surface area contributed by atoms with Crippen LogP contribution in [-0.2, 0) is 15.0 Å². The minimum absolute atomic E-state index is 0.0453. The molecule has 1 unspecified atom stereocenters. The van der Waals surface area contributed by atoms with Gasteiger partial charge in [-0.2, -0.15) is 5.10 Å². The molecule has 6 nitrogen and oxygen atoms in total. The molecule has 1 aromatic heterocycles. The van der Waals surface area contributed by atoms with Gasteiger partial charge in [-0.15, -0.1) is 0 Å². The van der Waals surface area contributed by atoms with Crippen molar-refractivity contribution in [2.75, 3.05) is 16.8 Å². The SMILES string of the molecule is CC(C)CN1C(=O)C2(CC(=O)Nc3c2cnn3-c2ccccc2)c2ccccc21. The average Bonchev–Trinajstić information content (AvgIpc) is 3.23. The van der Waals surface area contributed by atoms with Crippen LogP contribution in [0.5, 0.6) is 0 Å². The minimum atomic E-state index is -1.03. The van der Waals surface area contributed by atoms with Crippen LogP contribution in [0.4, 0.5) is 11.5 Å². The number of aromatic nitrogens is 2. The van der Waals surface area contributed by atoms with Gasteiger partial charge in [0.25, 0.3) is 0 Å². The number of nitrogens with one attached hydrogen (secondary N) is 1. The summed E-state index contributed by atoms with van der Waals surface area (Å²) >= 11 is 0. The van der Waals surface area contributed by atoms with E-state index in [0.717, 1.165) is 22.5 Å². The monoisotopic (exact) mass is 386 g/mol. The third-order valence-corrected chi connectivity index (χ3v) is 5.73. The summed E-state index contributed by atoms with van der Waals surface area (Å²) in [7, 11) is 0. The average molecular weight is 386 g/mol. The van der Waals surface area contributed by atoms with Crippen molar-refractivity contribution >= 4 is 23.3 Å². The molecule has 2 amide bonds. The Hall–Kier alpha value is -3.41. The van der Waals surface area contributed by atoms with Crippen molar-refractivity contribution in [3.8, 4) is 5.69 Å². The minimum Gasteiger partial charge on any atom is -0.311 e. The quantitative estimate of drug-likeness (QED) is 0.749. The van der Waals surface area contributed by atoms with Gasteiger partial charge in [-0.25, -0.2) is 4.68 Å². The van der Waals surface area contributed by atoms with Crippen molar-refractivity contribution in [2.24, 2.45) is 5.92 Å². The Labute approximate surface area is 169 Å². The number of carbonyl (C=O) groups is 2. The summed E-state index contributed by atoms with van der Waals surface area (Å²) in [6, 6.07) is 17.4. The zero-order valence-electron chi connectivity index (χ0n) is 16.4. The molecule has 5 rings (SSSR count). The molecule has 0 saturated carbocycles. The molecule has 1 atom stereocenters. The number of para-hydroxylation sites is 2. The number of carbonyl (C=O) groups excluding carboxylic acids is 2. The predicted molar refractivity (Wildman–Crippen MR) is 111 cm³/mol. The van der Waals surface area contributed by atoms with Crippen molar-refractivity contribution in [1.29, 1.82) is 0 Å². The molecule has 2 aromatic carbocycles. The van der Waals surface area contributed by atoms with Crippen LogP contribution < -0.4 is 10.2 Å². The third kappa shape index (κ3) is 2.45. The first-order chi connectivity index (χ1) is 14.0. The summed E-state index contributed by atoms with van der Waals surface area (Å²) in [5.41, 5.74) is 2.33. The van der Waals surface area contributed by atoms with Crippen molar-refractivity contribution in [2.45, 2.75) is 25.7 Å². The molecule has 2 aliphatic rings. The van der Waals surface area contributed by atoms with Crippen LogP contribution in [-0.4, -0.2) is 28.1 Å². The zero-order chi connectivity index (χ0) is 20.2. The van der Waals surface area contributed by atoms with E-state index in [-0.39, 0.29) is 18.2 Å². The highest BCUT2D eigenvalue weighted by Crippen LogP contribution is 2.52. The zero-order valence-corrected chi connectivity index (χ0v) is 16.4. The van der Waals surface area contributed by atoms with Gasteiger partial charge >= 0.3 is 0 Å². The molecular weight excluding hydrogens is 364 g/mol. The molecule has 3 aromatic rings. The molecule has 6 heteroatoms. The highest BCUT2D eigenvalue weighted by molar-refractivity contribution is 6.15. The van der Waals surface area contributed by atoms with Gasteiger partial charge in [0.1, 0.15) is 11.2 Å². The maximum Gasteiger partial charge on any atom is 0.242 e. The highest BCUT2D eigenvalue weighted by Gasteiger charge is 2.57. The lowest BCUT2D eigenvalue weighted by molar-refractivity contribution is -0.126. The van der Waals surface area contributed by atoms with Crippen LogP contribution in [0, 0.1) is 5.92 Å². The molecular formula is C23H22N4O2. The Bertz CT molecular complexity index is 1120. The molecule has 1 spiro atoms. The van der Waals surface area contributed by atoms with Crippen molar-refractivity contribution in [1.82, 2.24) is 9.78 Å². The second-order valence-corrected chi connectivity index (χ2v) is 8.11. The van der Waals surface area contributed by atoms with E-state index in [2.05, 4.69) is 24.3 Å². The molecule has 29 heavy (non-hydrogen) atoms. The summed E-state index contributed by atoms with van der Waals surface area (Å²) in [5, 5.41) is 7.50. The van der Waals surface area contributed by atoms with Gasteiger partial charge in [-0.05, 0) is 29.7 Å². The first-order valence-electron chi connectivity index (χ1n) is 9.87. The smallest absolute Gasteiger partial charge is 0.242 e. The highest BCUT2D eigenvalue weighted by atomic mass is 16.2. The molecule has 0 radical (unpaired) electrons. The van der Waals surface area contributed by atoms with Crippen LogP contribution in [0.1, 0.15) is 31.4 Å². The lowest BCUT2D eigenvalue weighted by Gasteiger charge is -2.32. The number of hydrogen-bond acceptors (Lipinski definition) is 3. The van der Waals surface area contributed by atoms with Crippen LogP contribution >= 0.6 is 0 Å². The van der Waals surface area contributed by atoms with Gasteiger partial charge in [0.2, 0.25) is 11.8 Å². The molecule has 1 N–H and O–H groups in total. The van der Waals surface area contributed by atoms with Gasteiger partial charge in [0.05, 0.1) is 11.9 Å². The summed E-state index contributed by atoms with van der Waals surface area (Å²) < 4.78 is 1.70. The molecule has 0 saturated heterocycles. The second kappa shape index (κ2) is 6.30. The Morgan fingerprint density at radius 1 is 1.03 bits per heavy atom. The Balaban J connectivity index is 1.74. The van der Waals surface area contributed by atoms with Crippen molar-refractivity contribution < 1.29 is 9.59 Å². The lowest BCUT2D eigenvalue weighted by atomic mass is 9.72. The number of fused-ring (bicyclic) bond motifs is 4. The van der Waals surface area contributed by atoms with Gasteiger partial charge in [-0.3, -0.25) is 9.59 Å². The Kier molecular flexibility index (Phi) is 3.84. The fraction of sp³-hybridized carbons (Fsp3) is 0.261. The number of anilines is 2. The lowest BCUT2D eigenvalue weighted by Crippen LogP contribution is -2.47. The standard InChI is InChI=1S/C23H22N4O2/c1-15(2)14-26-19-11-7-6-10-17(19)23(22(26)29)12-20(28)25-21-18(23)13-24-27(21)16-8-4-3-5-9-16/h3-11,13,15H,12,14H2,1-2H3,(H,25,28). The fourth-order valence-electron chi connectivity index (χ4n) is 4.56. The first kappa shape index (κ1) is 17.7. The molecule has 146 valence electrons. The van der Waals surface area contributed by atoms with Crippen molar-refractivity contribution in [3.05, 3.63) is 71.9 Å². The summed E-state index contributed by atoms with van der Waals surface area (Å²) in [6.07, 6.45) is 1.82. The van der Waals surface area contributed by atoms with Gasteiger partial charge in [0, 0.05) is 24.2 Å². The van der Waals surface area contributed by atoms with E-state index in [1.165, 1.54) is 0 Å². The molecule has 3 heterocycles. The molecule has 0 aliphatic carbocycles. The number of hydrogen-bond donors (Lipinski definition) is 1. The van der Waals surface area contributed by atoms with E-state index in [1.807, 2.05) is 59.5 Å². The normalized spacial score (nSPS) is 20.2. The van der Waals surface area contributed by atoms with E-state index in [1.54, 1.807) is 10.9 Å². The van der Waals surface area contributed by atoms with Gasteiger partial charge < -0.3 is 10.2 Å². The maximum atomic E-state index is 13.8. The van der Waals surface area contributed by atoms with Crippen LogP contribution in [0.3, 0.4) is 0 Å². The van der Waals surface area contributed by atoms with E-state index in [4.69, 9.17) is 0 Å². The number of benzene rings is 2. The largest absolute Gasteiger partial charge is 0.311 e. The maximum absolute atomic E-state index is 13.8. The number of amides is 2. The van der Waals surface area contributed by atoms with E-state index in [0.29, 0.717) is 18.3 Å². The Morgan fingerprint density at radius 3 is 2.52 bits per heavy atom. The summed E-state index contributed by atoms with van der Waals surface area (Å²) in [5.74, 6) is 0.661. The molecule has 0 bridgehead atoms. The molecule has 0 fully saturated rings. The van der Waals surface area contributed by atoms with Crippen LogP contribution in [0.25, 0.3) is 5.69 Å². The van der Waals surface area contributed by atoms with Crippen LogP contribution in [0.2, 0.25) is 0 Å². The fourth-order valence-corrected chi connectivity index (χ4v) is 4.56. The number of rotatable bonds is 3. The third-order valence-electron chi connectivity index (χ3n) is 5.73.